The molecule has 1 saturated heterocycles. The van der Waals surface area contributed by atoms with Crippen LogP contribution in [0.4, 0.5) is 5.69 Å². The summed E-state index contributed by atoms with van der Waals surface area (Å²) < 4.78 is 27.0. The third kappa shape index (κ3) is 4.16. The summed E-state index contributed by atoms with van der Waals surface area (Å²) >= 11 is 1.37. The minimum Gasteiger partial charge on any atom is -0.335 e. The number of piperazine rings is 1. The molecule has 1 aromatic heterocycles. The fraction of sp³-hybridized carbons (Fsp3) is 0.444. The zero-order valence-electron chi connectivity index (χ0n) is 16.4. The van der Waals surface area contributed by atoms with Crippen LogP contribution >= 0.6 is 11.3 Å². The molecule has 0 atom stereocenters. The topological polar surface area (TPSA) is 114 Å². The number of para-hydroxylation sites is 1. The Morgan fingerprint density at radius 1 is 1.21 bits per heavy atom. The van der Waals surface area contributed by atoms with E-state index in [-0.39, 0.29) is 42.9 Å². The van der Waals surface area contributed by atoms with E-state index in [0.717, 1.165) is 5.01 Å². The lowest BCUT2D eigenvalue weighted by Crippen LogP contribution is -2.50. The average Bonchev–Trinajstić information content (AvgIpc) is 3.09. The standard InChI is InChI=1S/C18H22N4O5S2/c1-12(2)17-19-13(3)16(28-17)18(23)20-8-10-21(11-9-20)29(26,27)15-7-5-4-6-14(15)22(24)25/h4-7,12H,8-11H2,1-3H3. The van der Waals surface area contributed by atoms with E-state index in [2.05, 4.69) is 4.98 Å². The number of hydrogen-bond acceptors (Lipinski definition) is 7. The number of nitro benzene ring substituents is 1. The van der Waals surface area contributed by atoms with Gasteiger partial charge in [-0.3, -0.25) is 14.9 Å². The smallest absolute Gasteiger partial charge is 0.289 e. The second-order valence-electron chi connectivity index (χ2n) is 7.04. The van der Waals surface area contributed by atoms with Crippen LogP contribution in [-0.4, -0.2) is 59.6 Å². The van der Waals surface area contributed by atoms with E-state index in [1.165, 1.54) is 39.9 Å². The van der Waals surface area contributed by atoms with Crippen molar-refractivity contribution in [1.29, 1.82) is 0 Å². The van der Waals surface area contributed by atoms with Crippen molar-refractivity contribution in [3.05, 3.63) is 50.0 Å². The molecule has 3 rings (SSSR count). The summed E-state index contributed by atoms with van der Waals surface area (Å²) in [6.45, 7) is 6.41. The lowest BCUT2D eigenvalue weighted by molar-refractivity contribution is -0.387. The highest BCUT2D eigenvalue weighted by molar-refractivity contribution is 7.89. The summed E-state index contributed by atoms with van der Waals surface area (Å²) in [5, 5.41) is 12.1. The van der Waals surface area contributed by atoms with E-state index in [4.69, 9.17) is 0 Å². The van der Waals surface area contributed by atoms with Crippen LogP contribution in [0.1, 0.15) is 40.1 Å². The fourth-order valence-electron chi connectivity index (χ4n) is 3.10. The molecule has 1 aliphatic rings. The first-order valence-corrected chi connectivity index (χ1v) is 11.4. The van der Waals surface area contributed by atoms with Crippen LogP contribution in [0.2, 0.25) is 0 Å². The maximum absolute atomic E-state index is 12.9. The van der Waals surface area contributed by atoms with Crippen molar-refractivity contribution in [2.24, 2.45) is 0 Å². The van der Waals surface area contributed by atoms with Crippen molar-refractivity contribution < 1.29 is 18.1 Å². The molecular weight excluding hydrogens is 416 g/mol. The Morgan fingerprint density at radius 2 is 1.83 bits per heavy atom. The highest BCUT2D eigenvalue weighted by Crippen LogP contribution is 2.28. The van der Waals surface area contributed by atoms with Gasteiger partial charge in [0.25, 0.3) is 11.6 Å². The Balaban J connectivity index is 1.75. The van der Waals surface area contributed by atoms with Crippen molar-refractivity contribution in [1.82, 2.24) is 14.2 Å². The summed E-state index contributed by atoms with van der Waals surface area (Å²) in [5.41, 5.74) is 0.228. The molecule has 1 fully saturated rings. The second-order valence-corrected chi connectivity index (χ2v) is 9.98. The molecule has 0 unspecified atom stereocenters. The maximum atomic E-state index is 12.9. The molecule has 0 saturated carbocycles. The van der Waals surface area contributed by atoms with E-state index < -0.39 is 20.6 Å². The highest BCUT2D eigenvalue weighted by atomic mass is 32.2. The van der Waals surface area contributed by atoms with Crippen molar-refractivity contribution in [3.8, 4) is 0 Å². The molecule has 1 amide bonds. The van der Waals surface area contributed by atoms with Gasteiger partial charge >= 0.3 is 0 Å². The molecule has 0 N–H and O–H groups in total. The second kappa shape index (κ2) is 8.17. The molecule has 0 spiro atoms. The Bertz CT molecular complexity index is 1040. The van der Waals surface area contributed by atoms with Crippen molar-refractivity contribution in [2.45, 2.75) is 31.6 Å². The molecule has 0 radical (unpaired) electrons. The Morgan fingerprint density at radius 3 is 2.38 bits per heavy atom. The summed E-state index contributed by atoms with van der Waals surface area (Å²) in [4.78, 5) is 29.7. The molecule has 0 bridgehead atoms. The first kappa shape index (κ1) is 21.3. The quantitative estimate of drug-likeness (QED) is 0.524. The van der Waals surface area contributed by atoms with Gasteiger partial charge in [-0.2, -0.15) is 4.31 Å². The van der Waals surface area contributed by atoms with Crippen LogP contribution in [0, 0.1) is 17.0 Å². The van der Waals surface area contributed by atoms with Gasteiger partial charge in [-0.1, -0.05) is 26.0 Å². The number of rotatable bonds is 5. The predicted molar refractivity (Wildman–Crippen MR) is 109 cm³/mol. The molecule has 29 heavy (non-hydrogen) atoms. The number of benzene rings is 1. The molecular formula is C18H22N4O5S2. The molecule has 0 aliphatic carbocycles. The summed E-state index contributed by atoms with van der Waals surface area (Å²) in [7, 11) is -4.02. The van der Waals surface area contributed by atoms with Gasteiger partial charge in [0, 0.05) is 38.2 Å². The van der Waals surface area contributed by atoms with Gasteiger partial charge in [-0.25, -0.2) is 13.4 Å². The number of hydrogen-bond donors (Lipinski definition) is 0. The zero-order chi connectivity index (χ0) is 21.3. The van der Waals surface area contributed by atoms with E-state index in [1.54, 1.807) is 11.8 Å². The van der Waals surface area contributed by atoms with Crippen molar-refractivity contribution in [2.75, 3.05) is 26.2 Å². The molecule has 11 heteroatoms. The third-order valence-electron chi connectivity index (χ3n) is 4.71. The lowest BCUT2D eigenvalue weighted by atomic mass is 10.2. The number of sulfonamides is 1. The molecule has 1 aliphatic heterocycles. The number of nitrogens with zero attached hydrogens (tertiary/aromatic N) is 4. The number of thiazole rings is 1. The summed E-state index contributed by atoms with van der Waals surface area (Å²) in [6.07, 6.45) is 0. The van der Waals surface area contributed by atoms with Gasteiger partial charge in [-0.15, -0.1) is 11.3 Å². The minimum absolute atomic E-state index is 0.0784. The Labute approximate surface area is 173 Å². The van der Waals surface area contributed by atoms with Crippen molar-refractivity contribution in [3.63, 3.8) is 0 Å². The van der Waals surface area contributed by atoms with Crippen LogP contribution in [-0.2, 0) is 10.0 Å². The molecule has 1 aromatic carbocycles. The van der Waals surface area contributed by atoms with Gasteiger partial charge in [-0.05, 0) is 13.0 Å². The van der Waals surface area contributed by atoms with Gasteiger partial charge < -0.3 is 4.90 Å². The zero-order valence-corrected chi connectivity index (χ0v) is 18.0. The van der Waals surface area contributed by atoms with E-state index in [9.17, 15) is 23.3 Å². The SMILES string of the molecule is Cc1nc(C(C)C)sc1C(=O)N1CCN(S(=O)(=O)c2ccccc2[N+](=O)[O-])CC1. The van der Waals surface area contributed by atoms with Crippen molar-refractivity contribution >= 4 is 33.0 Å². The third-order valence-corrected chi connectivity index (χ3v) is 8.10. The molecule has 9 nitrogen and oxygen atoms in total. The van der Waals surface area contributed by atoms with E-state index in [1.807, 2.05) is 13.8 Å². The first-order valence-electron chi connectivity index (χ1n) is 9.13. The first-order chi connectivity index (χ1) is 13.6. The van der Waals surface area contributed by atoms with Crippen LogP contribution < -0.4 is 0 Å². The molecule has 156 valence electrons. The lowest BCUT2D eigenvalue weighted by Gasteiger charge is -2.33. The number of amides is 1. The van der Waals surface area contributed by atoms with Crippen LogP contribution in [0.3, 0.4) is 0 Å². The normalized spacial score (nSPS) is 15.7. The molecule has 2 heterocycles. The van der Waals surface area contributed by atoms with Gasteiger partial charge in [0.2, 0.25) is 10.0 Å². The number of aromatic nitrogens is 1. The number of carbonyl (C=O) groups excluding carboxylic acids is 1. The average molecular weight is 439 g/mol. The maximum Gasteiger partial charge on any atom is 0.289 e. The number of aryl methyl sites for hydroxylation is 1. The Kier molecular flexibility index (Phi) is 6.01. The largest absolute Gasteiger partial charge is 0.335 e. The Hall–Kier alpha value is -2.37. The predicted octanol–water partition coefficient (Wildman–Crippen LogP) is 2.63. The molecule has 2 aromatic rings. The number of nitro groups is 1. The van der Waals surface area contributed by atoms with Gasteiger partial charge in [0.15, 0.2) is 4.90 Å². The van der Waals surface area contributed by atoms with E-state index in [0.29, 0.717) is 10.6 Å². The fourth-order valence-corrected chi connectivity index (χ4v) is 5.72. The highest BCUT2D eigenvalue weighted by Gasteiger charge is 2.35. The van der Waals surface area contributed by atoms with Crippen LogP contribution in [0.25, 0.3) is 0 Å². The van der Waals surface area contributed by atoms with Gasteiger partial charge in [0.05, 0.1) is 15.6 Å². The summed E-state index contributed by atoms with van der Waals surface area (Å²) in [5.74, 6) is 0.0681. The van der Waals surface area contributed by atoms with E-state index >= 15 is 0 Å². The van der Waals surface area contributed by atoms with Crippen LogP contribution in [0.5, 0.6) is 0 Å². The monoisotopic (exact) mass is 438 g/mol. The van der Waals surface area contributed by atoms with Gasteiger partial charge in [0.1, 0.15) is 4.88 Å². The minimum atomic E-state index is -4.02. The van der Waals surface area contributed by atoms with Crippen LogP contribution in [0.15, 0.2) is 29.2 Å². The summed E-state index contributed by atoms with van der Waals surface area (Å²) in [6, 6.07) is 5.29. The number of carbonyl (C=O) groups is 1.